The van der Waals surface area contributed by atoms with Gasteiger partial charge in [0, 0.05) is 11.1 Å². The predicted octanol–water partition coefficient (Wildman–Crippen LogP) is 3.26. The Labute approximate surface area is 152 Å². The molecule has 1 amide bonds. The quantitative estimate of drug-likeness (QED) is 0.568. The van der Waals surface area contributed by atoms with E-state index in [0.29, 0.717) is 11.3 Å². The van der Waals surface area contributed by atoms with Gasteiger partial charge >= 0.3 is 0 Å². The fraction of sp³-hybridized carbons (Fsp3) is 0.150. The minimum absolute atomic E-state index is 0.283. The third-order valence-electron chi connectivity index (χ3n) is 4.06. The summed E-state index contributed by atoms with van der Waals surface area (Å²) >= 11 is 0. The van der Waals surface area contributed by atoms with Gasteiger partial charge in [0.25, 0.3) is 5.91 Å². The summed E-state index contributed by atoms with van der Waals surface area (Å²) in [4.78, 5) is 12.1. The SMILES string of the molecule is COc1ccc(C(=O)N/N=C\c2c(C)nn(-c3ccccc3)c2C)cc1. The van der Waals surface area contributed by atoms with Crippen LogP contribution in [0.2, 0.25) is 0 Å². The number of hydrazone groups is 1. The Balaban J connectivity index is 1.74. The number of nitrogens with zero attached hydrogens (tertiary/aromatic N) is 3. The number of methoxy groups -OCH3 is 1. The fourth-order valence-corrected chi connectivity index (χ4v) is 2.62. The number of nitrogens with one attached hydrogen (secondary N) is 1. The van der Waals surface area contributed by atoms with Crippen LogP contribution in [0, 0.1) is 13.8 Å². The molecule has 2 aromatic carbocycles. The van der Waals surface area contributed by atoms with Gasteiger partial charge in [-0.15, -0.1) is 0 Å². The molecule has 0 aliphatic rings. The summed E-state index contributed by atoms with van der Waals surface area (Å²) in [7, 11) is 1.58. The fourth-order valence-electron chi connectivity index (χ4n) is 2.62. The summed E-state index contributed by atoms with van der Waals surface area (Å²) in [5.74, 6) is 0.416. The lowest BCUT2D eigenvalue weighted by atomic mass is 10.2. The number of hydrogen-bond donors (Lipinski definition) is 1. The molecule has 0 saturated carbocycles. The molecule has 132 valence electrons. The molecule has 0 unspecified atom stereocenters. The van der Waals surface area contributed by atoms with E-state index in [4.69, 9.17) is 4.74 Å². The van der Waals surface area contributed by atoms with Crippen molar-refractivity contribution in [1.29, 1.82) is 0 Å². The zero-order valence-corrected chi connectivity index (χ0v) is 14.9. The van der Waals surface area contributed by atoms with Crippen LogP contribution in [0.3, 0.4) is 0 Å². The van der Waals surface area contributed by atoms with E-state index in [0.717, 1.165) is 22.6 Å². The van der Waals surface area contributed by atoms with Crippen LogP contribution in [0.15, 0.2) is 59.7 Å². The van der Waals surface area contributed by atoms with E-state index in [1.165, 1.54) is 0 Å². The van der Waals surface area contributed by atoms with Gasteiger partial charge in [-0.25, -0.2) is 10.1 Å². The highest BCUT2D eigenvalue weighted by Gasteiger charge is 2.11. The van der Waals surface area contributed by atoms with Crippen LogP contribution in [0.5, 0.6) is 5.75 Å². The molecule has 6 nitrogen and oxygen atoms in total. The highest BCUT2D eigenvalue weighted by atomic mass is 16.5. The highest BCUT2D eigenvalue weighted by Crippen LogP contribution is 2.16. The van der Waals surface area contributed by atoms with E-state index >= 15 is 0 Å². The van der Waals surface area contributed by atoms with Gasteiger partial charge in [-0.05, 0) is 50.2 Å². The second-order valence-corrected chi connectivity index (χ2v) is 5.76. The number of aryl methyl sites for hydroxylation is 1. The van der Waals surface area contributed by atoms with Gasteiger partial charge in [0.2, 0.25) is 0 Å². The molecule has 1 N–H and O–H groups in total. The van der Waals surface area contributed by atoms with Crippen molar-refractivity contribution in [1.82, 2.24) is 15.2 Å². The number of ether oxygens (including phenoxy) is 1. The summed E-state index contributed by atoms with van der Waals surface area (Å²) in [6, 6.07) is 16.7. The zero-order chi connectivity index (χ0) is 18.5. The third-order valence-corrected chi connectivity index (χ3v) is 4.06. The van der Waals surface area contributed by atoms with Gasteiger partial charge in [0.15, 0.2) is 0 Å². The lowest BCUT2D eigenvalue weighted by molar-refractivity contribution is 0.0955. The van der Waals surface area contributed by atoms with Gasteiger partial charge in [-0.2, -0.15) is 10.2 Å². The standard InChI is InChI=1S/C20H20N4O2/c1-14-19(15(2)24(23-14)17-7-5-4-6-8-17)13-21-22-20(25)16-9-11-18(26-3)12-10-16/h4-13H,1-3H3,(H,22,25)/b21-13-. The lowest BCUT2D eigenvalue weighted by Crippen LogP contribution is -2.17. The van der Waals surface area contributed by atoms with Crippen LogP contribution >= 0.6 is 0 Å². The molecule has 1 aromatic heterocycles. The number of benzene rings is 2. The number of carbonyl (C=O) groups is 1. The van der Waals surface area contributed by atoms with Gasteiger partial charge in [-0.3, -0.25) is 4.79 Å². The van der Waals surface area contributed by atoms with E-state index in [-0.39, 0.29) is 5.91 Å². The number of rotatable bonds is 5. The maximum absolute atomic E-state index is 12.1. The second kappa shape index (κ2) is 7.65. The van der Waals surface area contributed by atoms with Crippen LogP contribution in [-0.2, 0) is 0 Å². The average Bonchev–Trinajstić information content (AvgIpc) is 2.97. The van der Waals surface area contributed by atoms with Crippen LogP contribution in [0.1, 0.15) is 27.3 Å². The molecule has 0 fully saturated rings. The van der Waals surface area contributed by atoms with E-state index in [1.807, 2.05) is 48.9 Å². The molecular formula is C20H20N4O2. The maximum Gasteiger partial charge on any atom is 0.271 e. The van der Waals surface area contributed by atoms with Crippen LogP contribution in [-0.4, -0.2) is 29.0 Å². The van der Waals surface area contributed by atoms with Gasteiger partial charge in [-0.1, -0.05) is 18.2 Å². The Morgan fingerprint density at radius 3 is 2.46 bits per heavy atom. The molecule has 0 aliphatic heterocycles. The first-order valence-electron chi connectivity index (χ1n) is 8.19. The molecule has 3 rings (SSSR count). The van der Waals surface area contributed by atoms with Crippen molar-refractivity contribution in [2.75, 3.05) is 7.11 Å². The lowest BCUT2D eigenvalue weighted by Gasteiger charge is -2.04. The zero-order valence-electron chi connectivity index (χ0n) is 14.9. The Morgan fingerprint density at radius 1 is 1.12 bits per heavy atom. The van der Waals surface area contributed by atoms with E-state index in [2.05, 4.69) is 15.6 Å². The molecule has 0 spiro atoms. The molecule has 26 heavy (non-hydrogen) atoms. The molecule has 0 atom stereocenters. The molecule has 0 radical (unpaired) electrons. The minimum Gasteiger partial charge on any atom is -0.497 e. The Hall–Kier alpha value is -3.41. The van der Waals surface area contributed by atoms with Crippen molar-refractivity contribution in [2.24, 2.45) is 5.10 Å². The predicted molar refractivity (Wildman–Crippen MR) is 101 cm³/mol. The summed E-state index contributed by atoms with van der Waals surface area (Å²) < 4.78 is 6.95. The van der Waals surface area contributed by atoms with Crippen molar-refractivity contribution in [2.45, 2.75) is 13.8 Å². The highest BCUT2D eigenvalue weighted by molar-refractivity contribution is 5.95. The molecule has 1 heterocycles. The Kier molecular flexibility index (Phi) is 5.12. The van der Waals surface area contributed by atoms with Crippen molar-refractivity contribution in [3.05, 3.63) is 77.1 Å². The monoisotopic (exact) mass is 348 g/mol. The summed E-state index contributed by atoms with van der Waals surface area (Å²) in [5, 5.41) is 8.63. The molecule has 0 aliphatic carbocycles. The second-order valence-electron chi connectivity index (χ2n) is 5.76. The topological polar surface area (TPSA) is 68.5 Å². The first-order valence-corrected chi connectivity index (χ1v) is 8.19. The van der Waals surface area contributed by atoms with Gasteiger partial charge < -0.3 is 4.74 Å². The van der Waals surface area contributed by atoms with Gasteiger partial charge in [0.1, 0.15) is 5.75 Å². The number of aromatic nitrogens is 2. The molecule has 6 heteroatoms. The van der Waals surface area contributed by atoms with Crippen molar-refractivity contribution in [3.63, 3.8) is 0 Å². The van der Waals surface area contributed by atoms with Crippen molar-refractivity contribution >= 4 is 12.1 Å². The summed E-state index contributed by atoms with van der Waals surface area (Å²) in [6.07, 6.45) is 1.62. The van der Waals surface area contributed by atoms with Crippen molar-refractivity contribution < 1.29 is 9.53 Å². The normalized spacial score (nSPS) is 10.9. The minimum atomic E-state index is -0.283. The number of carbonyl (C=O) groups excluding carboxylic acids is 1. The smallest absolute Gasteiger partial charge is 0.271 e. The number of para-hydroxylation sites is 1. The van der Waals surface area contributed by atoms with Crippen LogP contribution < -0.4 is 10.2 Å². The van der Waals surface area contributed by atoms with Crippen LogP contribution in [0.25, 0.3) is 5.69 Å². The van der Waals surface area contributed by atoms with Crippen molar-refractivity contribution in [3.8, 4) is 11.4 Å². The third kappa shape index (κ3) is 3.64. The molecular weight excluding hydrogens is 328 g/mol. The number of amides is 1. The largest absolute Gasteiger partial charge is 0.497 e. The summed E-state index contributed by atoms with van der Waals surface area (Å²) in [6.45, 7) is 3.89. The molecule has 3 aromatic rings. The van der Waals surface area contributed by atoms with E-state index < -0.39 is 0 Å². The van der Waals surface area contributed by atoms with Gasteiger partial charge in [0.05, 0.1) is 30.4 Å². The van der Waals surface area contributed by atoms with E-state index in [1.54, 1.807) is 37.6 Å². The van der Waals surface area contributed by atoms with Crippen LogP contribution in [0.4, 0.5) is 0 Å². The average molecular weight is 348 g/mol. The molecule has 0 saturated heterocycles. The Bertz CT molecular complexity index is 928. The Morgan fingerprint density at radius 2 is 1.81 bits per heavy atom. The molecule has 0 bridgehead atoms. The maximum atomic E-state index is 12.1. The first kappa shape index (κ1) is 17.4. The summed E-state index contributed by atoms with van der Waals surface area (Å²) in [5.41, 5.74) is 6.71. The first-order chi connectivity index (χ1) is 12.6. The van der Waals surface area contributed by atoms with E-state index in [9.17, 15) is 4.79 Å². The number of hydrogen-bond acceptors (Lipinski definition) is 4.